The maximum atomic E-state index is 13.6. The van der Waals surface area contributed by atoms with E-state index >= 15 is 0 Å². The lowest BCUT2D eigenvalue weighted by atomic mass is 10.1. The Kier molecular flexibility index (Phi) is 6.94. The molecule has 0 bridgehead atoms. The quantitative estimate of drug-likeness (QED) is 0.424. The second-order valence-electron chi connectivity index (χ2n) is 8.30. The molecule has 2 aliphatic heterocycles. The normalized spacial score (nSPS) is 13.0. The fraction of sp³-hybridized carbons (Fsp3) is 0.308. The molecule has 0 saturated heterocycles. The van der Waals surface area contributed by atoms with Crippen LogP contribution in [0.5, 0.6) is 23.0 Å². The van der Waals surface area contributed by atoms with Crippen molar-refractivity contribution in [2.24, 2.45) is 0 Å². The van der Waals surface area contributed by atoms with E-state index in [4.69, 9.17) is 28.1 Å². The van der Waals surface area contributed by atoms with E-state index in [0.717, 1.165) is 5.56 Å². The Morgan fingerprint density at radius 3 is 2.31 bits per heavy atom. The fourth-order valence-corrected chi connectivity index (χ4v) is 4.01. The number of hydrogen-bond donors (Lipinski definition) is 0. The van der Waals surface area contributed by atoms with Gasteiger partial charge in [0.05, 0.1) is 19.4 Å². The van der Waals surface area contributed by atoms with Crippen LogP contribution >= 0.6 is 0 Å². The highest BCUT2D eigenvalue weighted by atomic mass is 16.7. The summed E-state index contributed by atoms with van der Waals surface area (Å²) in [5.74, 6) is 2.48. The van der Waals surface area contributed by atoms with Crippen LogP contribution in [0.4, 0.5) is 0 Å². The third kappa shape index (κ3) is 5.23. The Morgan fingerprint density at radius 2 is 1.58 bits per heavy atom. The van der Waals surface area contributed by atoms with Crippen molar-refractivity contribution in [1.29, 1.82) is 0 Å². The Balaban J connectivity index is 1.35. The molecule has 0 fully saturated rings. The molecule has 1 aromatic heterocycles. The molecule has 10 heteroatoms. The van der Waals surface area contributed by atoms with E-state index < -0.39 is 0 Å². The average molecular weight is 495 g/mol. The standard InChI is InChI=1S/C26H26N2O8/c1-31-10-8-27(26(30)19-5-7-22-24(12-19)36-17-34-22)15-25(29)28(14-20-3-2-9-32-20)13-18-4-6-21-23(11-18)35-16-33-21/h2-7,9,11-12H,8,10,13-17H2,1H3. The van der Waals surface area contributed by atoms with Crippen molar-refractivity contribution in [3.63, 3.8) is 0 Å². The van der Waals surface area contributed by atoms with Gasteiger partial charge < -0.3 is 37.9 Å². The van der Waals surface area contributed by atoms with Crippen molar-refractivity contribution in [3.05, 3.63) is 71.7 Å². The SMILES string of the molecule is COCCN(CC(=O)N(Cc1ccc2c(c1)OCO2)Cc1ccco1)C(=O)c1ccc2c(c1)OCO2. The zero-order valence-corrected chi connectivity index (χ0v) is 19.8. The number of rotatable bonds is 10. The second kappa shape index (κ2) is 10.6. The zero-order chi connectivity index (χ0) is 24.9. The maximum absolute atomic E-state index is 13.6. The third-order valence-corrected chi connectivity index (χ3v) is 5.89. The molecule has 0 saturated carbocycles. The number of carbonyl (C=O) groups excluding carboxylic acids is 2. The van der Waals surface area contributed by atoms with Crippen LogP contribution in [0.2, 0.25) is 0 Å². The van der Waals surface area contributed by atoms with Gasteiger partial charge in [0, 0.05) is 25.8 Å². The maximum Gasteiger partial charge on any atom is 0.254 e. The Morgan fingerprint density at radius 1 is 0.861 bits per heavy atom. The third-order valence-electron chi connectivity index (χ3n) is 5.89. The first-order valence-corrected chi connectivity index (χ1v) is 11.5. The summed E-state index contributed by atoms with van der Waals surface area (Å²) in [7, 11) is 1.55. The summed E-state index contributed by atoms with van der Waals surface area (Å²) in [6.45, 7) is 1.22. The summed E-state index contributed by atoms with van der Waals surface area (Å²) in [6.07, 6.45) is 1.56. The Labute approximate surface area is 207 Å². The molecule has 0 atom stereocenters. The van der Waals surface area contributed by atoms with E-state index in [1.807, 2.05) is 18.2 Å². The van der Waals surface area contributed by atoms with Crippen LogP contribution in [0.1, 0.15) is 21.7 Å². The van der Waals surface area contributed by atoms with Crippen LogP contribution in [0, 0.1) is 0 Å². The van der Waals surface area contributed by atoms with Crippen molar-refractivity contribution in [2.45, 2.75) is 13.1 Å². The summed E-state index contributed by atoms with van der Waals surface area (Å²) in [4.78, 5) is 30.0. The minimum Gasteiger partial charge on any atom is -0.467 e. The smallest absolute Gasteiger partial charge is 0.254 e. The highest BCUT2D eigenvalue weighted by Crippen LogP contribution is 2.34. The highest BCUT2D eigenvalue weighted by Gasteiger charge is 2.25. The van der Waals surface area contributed by atoms with E-state index in [2.05, 4.69) is 0 Å². The van der Waals surface area contributed by atoms with Crippen LogP contribution in [0.25, 0.3) is 0 Å². The fourth-order valence-electron chi connectivity index (χ4n) is 4.01. The van der Waals surface area contributed by atoms with Crippen molar-refractivity contribution in [3.8, 4) is 23.0 Å². The molecule has 5 rings (SSSR count). The molecule has 0 N–H and O–H groups in total. The lowest BCUT2D eigenvalue weighted by molar-refractivity contribution is -0.133. The van der Waals surface area contributed by atoms with Gasteiger partial charge in [-0.05, 0) is 48.0 Å². The van der Waals surface area contributed by atoms with Crippen LogP contribution in [0.15, 0.2) is 59.2 Å². The molecule has 2 aliphatic rings. The first kappa shape index (κ1) is 23.6. The number of fused-ring (bicyclic) bond motifs is 2. The second-order valence-corrected chi connectivity index (χ2v) is 8.30. The van der Waals surface area contributed by atoms with Gasteiger partial charge >= 0.3 is 0 Å². The molecule has 0 aliphatic carbocycles. The molecular weight excluding hydrogens is 468 g/mol. The van der Waals surface area contributed by atoms with Gasteiger partial charge in [-0.1, -0.05) is 6.07 Å². The van der Waals surface area contributed by atoms with Gasteiger partial charge in [-0.15, -0.1) is 0 Å². The van der Waals surface area contributed by atoms with Crippen LogP contribution in [-0.2, 0) is 22.6 Å². The topological polar surface area (TPSA) is 99.9 Å². The van der Waals surface area contributed by atoms with E-state index in [9.17, 15) is 9.59 Å². The number of ether oxygens (including phenoxy) is 5. The van der Waals surface area contributed by atoms with E-state index in [-0.39, 0.29) is 51.6 Å². The van der Waals surface area contributed by atoms with Gasteiger partial charge in [-0.25, -0.2) is 0 Å². The molecule has 2 amide bonds. The molecule has 2 aromatic carbocycles. The van der Waals surface area contributed by atoms with Crippen molar-refractivity contribution >= 4 is 11.8 Å². The molecule has 36 heavy (non-hydrogen) atoms. The Hall–Kier alpha value is -4.18. The van der Waals surface area contributed by atoms with E-state index in [1.165, 1.54) is 4.90 Å². The first-order valence-electron chi connectivity index (χ1n) is 11.5. The largest absolute Gasteiger partial charge is 0.467 e. The number of amides is 2. The van der Waals surface area contributed by atoms with E-state index in [0.29, 0.717) is 40.9 Å². The molecule has 3 heterocycles. The number of hydrogen-bond acceptors (Lipinski definition) is 8. The molecule has 10 nitrogen and oxygen atoms in total. The number of nitrogens with zero attached hydrogens (tertiary/aromatic N) is 2. The molecule has 0 unspecified atom stereocenters. The van der Waals surface area contributed by atoms with E-state index in [1.54, 1.807) is 48.6 Å². The minimum atomic E-state index is -0.306. The molecule has 188 valence electrons. The summed E-state index contributed by atoms with van der Waals surface area (Å²) in [5, 5.41) is 0. The monoisotopic (exact) mass is 494 g/mol. The van der Waals surface area contributed by atoms with Gasteiger partial charge in [0.1, 0.15) is 12.3 Å². The van der Waals surface area contributed by atoms with Gasteiger partial charge in [0.2, 0.25) is 19.5 Å². The summed E-state index contributed by atoms with van der Waals surface area (Å²) in [5.41, 5.74) is 1.27. The molecule has 3 aromatic rings. The van der Waals surface area contributed by atoms with Crippen LogP contribution < -0.4 is 18.9 Å². The summed E-state index contributed by atoms with van der Waals surface area (Å²) < 4.78 is 32.3. The molecule has 0 spiro atoms. The Bertz CT molecular complexity index is 1230. The number of methoxy groups -OCH3 is 1. The van der Waals surface area contributed by atoms with Gasteiger partial charge in [-0.3, -0.25) is 9.59 Å². The van der Waals surface area contributed by atoms with Crippen molar-refractivity contribution in [2.75, 3.05) is 40.4 Å². The predicted molar refractivity (Wildman–Crippen MR) is 126 cm³/mol. The number of furan rings is 1. The van der Waals surface area contributed by atoms with Crippen molar-refractivity contribution in [1.82, 2.24) is 9.80 Å². The van der Waals surface area contributed by atoms with Gasteiger partial charge in [-0.2, -0.15) is 0 Å². The summed E-state index contributed by atoms with van der Waals surface area (Å²) >= 11 is 0. The minimum absolute atomic E-state index is 0.112. The summed E-state index contributed by atoms with van der Waals surface area (Å²) in [6, 6.07) is 14.1. The lowest BCUT2D eigenvalue weighted by Gasteiger charge is -2.27. The first-order chi connectivity index (χ1) is 17.6. The van der Waals surface area contributed by atoms with Gasteiger partial charge in [0.25, 0.3) is 5.91 Å². The molecule has 0 radical (unpaired) electrons. The highest BCUT2D eigenvalue weighted by molar-refractivity contribution is 5.97. The van der Waals surface area contributed by atoms with Crippen molar-refractivity contribution < 1.29 is 37.7 Å². The lowest BCUT2D eigenvalue weighted by Crippen LogP contribution is -2.43. The van der Waals surface area contributed by atoms with Gasteiger partial charge in [0.15, 0.2) is 23.0 Å². The molecular formula is C26H26N2O8. The average Bonchev–Trinajstić information content (AvgIpc) is 3.66. The number of benzene rings is 2. The predicted octanol–water partition coefficient (Wildman–Crippen LogP) is 3.05. The number of carbonyl (C=O) groups is 2. The zero-order valence-electron chi connectivity index (χ0n) is 19.8. The van der Waals surface area contributed by atoms with Crippen LogP contribution in [0.3, 0.4) is 0 Å². The van der Waals surface area contributed by atoms with Crippen LogP contribution in [-0.4, -0.2) is 62.0 Å².